The number of unbranched alkanes of at least 4 members (excludes halogenated alkanes) is 55. The molecule has 0 aliphatic rings. The molecule has 0 saturated carbocycles. The Labute approximate surface area is 513 Å². The van der Waals surface area contributed by atoms with Crippen molar-refractivity contribution in [2.75, 3.05) is 13.2 Å². The minimum atomic E-state index is -0.771. The van der Waals surface area contributed by atoms with E-state index in [-0.39, 0.29) is 31.1 Å². The molecule has 1 unspecified atom stereocenters. The van der Waals surface area contributed by atoms with Crippen LogP contribution in [0.25, 0.3) is 0 Å². The van der Waals surface area contributed by atoms with Crippen LogP contribution in [-0.2, 0) is 28.6 Å². The van der Waals surface area contributed by atoms with Crippen molar-refractivity contribution in [3.63, 3.8) is 0 Å². The van der Waals surface area contributed by atoms with Gasteiger partial charge in [0.25, 0.3) is 0 Å². The fraction of sp³-hybridized carbons (Fsp3) is 0.908. The maximum absolute atomic E-state index is 13.0. The first kappa shape index (κ1) is 79.9. The van der Waals surface area contributed by atoms with E-state index in [1.807, 2.05) is 0 Å². The molecule has 0 aliphatic carbocycles. The first-order chi connectivity index (χ1) is 40.5. The van der Waals surface area contributed by atoms with E-state index < -0.39 is 6.10 Å². The summed E-state index contributed by atoms with van der Waals surface area (Å²) in [5, 5.41) is 0. The normalized spacial score (nSPS) is 12.1. The highest BCUT2D eigenvalue weighted by atomic mass is 16.6. The zero-order valence-corrected chi connectivity index (χ0v) is 55.8. The summed E-state index contributed by atoms with van der Waals surface area (Å²) in [5.74, 6) is -0.843. The largest absolute Gasteiger partial charge is 0.462 e. The topological polar surface area (TPSA) is 78.9 Å². The molecule has 0 fully saturated rings. The molecule has 0 aliphatic heterocycles. The lowest BCUT2D eigenvalue weighted by Crippen LogP contribution is -2.30. The van der Waals surface area contributed by atoms with Crippen LogP contribution in [-0.4, -0.2) is 37.2 Å². The van der Waals surface area contributed by atoms with E-state index in [4.69, 9.17) is 14.2 Å². The molecule has 82 heavy (non-hydrogen) atoms. The monoisotopic (exact) mass is 1150 g/mol. The molecule has 0 heterocycles. The summed E-state index contributed by atoms with van der Waals surface area (Å²) in [6, 6.07) is 0. The van der Waals surface area contributed by atoms with Gasteiger partial charge < -0.3 is 14.2 Å². The van der Waals surface area contributed by atoms with E-state index in [2.05, 4.69) is 45.1 Å². The summed E-state index contributed by atoms with van der Waals surface area (Å²) in [6.07, 6.45) is 88.1. The van der Waals surface area contributed by atoms with E-state index in [1.165, 1.54) is 321 Å². The fourth-order valence-corrected chi connectivity index (χ4v) is 11.6. The molecule has 6 nitrogen and oxygen atoms in total. The smallest absolute Gasteiger partial charge is 0.306 e. The number of hydrogen-bond acceptors (Lipinski definition) is 6. The second kappa shape index (κ2) is 71.4. The van der Waals surface area contributed by atoms with Crippen LogP contribution in [0.5, 0.6) is 0 Å². The molecular formula is C76H144O6. The number of allylic oxidation sites excluding steroid dienone is 4. The molecule has 1 atom stereocenters. The maximum atomic E-state index is 13.0. The Balaban J connectivity index is 4.12. The Morgan fingerprint density at radius 1 is 0.232 bits per heavy atom. The highest BCUT2D eigenvalue weighted by Gasteiger charge is 2.20. The lowest BCUT2D eigenvalue weighted by Gasteiger charge is -2.18. The van der Waals surface area contributed by atoms with Gasteiger partial charge in [-0.3, -0.25) is 14.4 Å². The highest BCUT2D eigenvalue weighted by Crippen LogP contribution is 2.19. The third-order valence-corrected chi connectivity index (χ3v) is 17.2. The predicted molar refractivity (Wildman–Crippen MR) is 358 cm³/mol. The summed E-state index contributed by atoms with van der Waals surface area (Å²) < 4.78 is 17.0. The molecule has 0 spiro atoms. The van der Waals surface area contributed by atoms with Crippen molar-refractivity contribution in [2.24, 2.45) is 0 Å². The highest BCUT2D eigenvalue weighted by molar-refractivity contribution is 5.71. The molecular weight excluding hydrogens is 1010 g/mol. The van der Waals surface area contributed by atoms with Gasteiger partial charge in [0, 0.05) is 19.3 Å². The Bertz CT molecular complexity index is 1320. The first-order valence-electron chi connectivity index (χ1n) is 37.3. The Hall–Kier alpha value is -2.11. The molecule has 6 heteroatoms. The molecule has 0 N–H and O–H groups in total. The Kier molecular flexibility index (Phi) is 69.5. The van der Waals surface area contributed by atoms with Crippen molar-refractivity contribution in [2.45, 2.75) is 431 Å². The van der Waals surface area contributed by atoms with E-state index in [0.29, 0.717) is 19.3 Å². The van der Waals surface area contributed by atoms with Gasteiger partial charge in [-0.1, -0.05) is 360 Å². The second-order valence-electron chi connectivity index (χ2n) is 25.6. The quantitative estimate of drug-likeness (QED) is 0.0261. The summed E-state index contributed by atoms with van der Waals surface area (Å²) in [5.41, 5.74) is 0. The zero-order valence-electron chi connectivity index (χ0n) is 55.8. The number of rotatable bonds is 70. The number of carbonyl (C=O) groups excluding carboxylic acids is 3. The molecule has 0 saturated heterocycles. The van der Waals surface area contributed by atoms with Crippen LogP contribution in [0.1, 0.15) is 425 Å². The Morgan fingerprint density at radius 3 is 0.634 bits per heavy atom. The van der Waals surface area contributed by atoms with Gasteiger partial charge in [-0.2, -0.15) is 0 Å². The van der Waals surface area contributed by atoms with Crippen LogP contribution in [0.3, 0.4) is 0 Å². The summed E-state index contributed by atoms with van der Waals surface area (Å²) in [6.45, 7) is 6.69. The summed E-state index contributed by atoms with van der Waals surface area (Å²) >= 11 is 0. The van der Waals surface area contributed by atoms with Crippen molar-refractivity contribution in [3.8, 4) is 0 Å². The lowest BCUT2D eigenvalue weighted by atomic mass is 10.0. The number of ether oxygens (including phenoxy) is 3. The van der Waals surface area contributed by atoms with Gasteiger partial charge >= 0.3 is 17.9 Å². The van der Waals surface area contributed by atoms with Gasteiger partial charge in [0.1, 0.15) is 13.2 Å². The standard InChI is InChI=1S/C76H144O6/c1-4-7-10-13-16-19-22-25-27-29-31-33-34-35-36-37-38-39-40-41-42-44-45-47-49-51-54-57-60-63-66-69-75(78)81-72-73(71-80-74(77)68-65-62-59-56-53-24-21-18-15-12-9-6-3)82-76(79)70-67-64-61-58-55-52-50-48-46-43-32-30-28-26-23-20-17-14-11-8-5-2/h18,21,29,31,73H,4-17,19-20,22-28,30,32-72H2,1-3H3/b21-18-,31-29-. The minimum absolute atomic E-state index is 0.0672. The average Bonchev–Trinajstić information content (AvgIpc) is 3.47. The van der Waals surface area contributed by atoms with E-state index >= 15 is 0 Å². The van der Waals surface area contributed by atoms with Gasteiger partial charge in [0.15, 0.2) is 6.10 Å². The van der Waals surface area contributed by atoms with Crippen molar-refractivity contribution in [3.05, 3.63) is 24.3 Å². The van der Waals surface area contributed by atoms with Crippen LogP contribution in [0.2, 0.25) is 0 Å². The van der Waals surface area contributed by atoms with Crippen LogP contribution in [0.15, 0.2) is 24.3 Å². The number of carbonyl (C=O) groups is 3. The van der Waals surface area contributed by atoms with Crippen LogP contribution in [0.4, 0.5) is 0 Å². The molecule has 0 aromatic heterocycles. The third kappa shape index (κ3) is 68.7. The zero-order chi connectivity index (χ0) is 59.2. The van der Waals surface area contributed by atoms with E-state index in [0.717, 1.165) is 64.2 Å². The molecule has 0 aromatic carbocycles. The van der Waals surface area contributed by atoms with Crippen LogP contribution < -0.4 is 0 Å². The van der Waals surface area contributed by atoms with Crippen molar-refractivity contribution in [1.82, 2.24) is 0 Å². The summed E-state index contributed by atoms with van der Waals surface area (Å²) in [4.78, 5) is 38.4. The SMILES string of the molecule is CCCCC/C=C\CCCCCCCC(=O)OCC(COC(=O)CCCCCCCCCCCCCCCCCCCCC/C=C\CCCCCCCCCC)OC(=O)CCCCCCCCCCCCCCCCCCCCCCC. The third-order valence-electron chi connectivity index (χ3n) is 17.2. The maximum Gasteiger partial charge on any atom is 0.306 e. The van der Waals surface area contributed by atoms with E-state index in [9.17, 15) is 14.4 Å². The molecule has 0 radical (unpaired) electrons. The van der Waals surface area contributed by atoms with Gasteiger partial charge in [-0.05, 0) is 70.6 Å². The van der Waals surface area contributed by atoms with Crippen LogP contribution in [0, 0.1) is 0 Å². The van der Waals surface area contributed by atoms with Gasteiger partial charge in [0.2, 0.25) is 0 Å². The molecule has 0 aromatic rings. The van der Waals surface area contributed by atoms with Gasteiger partial charge in [-0.25, -0.2) is 0 Å². The Morgan fingerprint density at radius 2 is 0.402 bits per heavy atom. The summed E-state index contributed by atoms with van der Waals surface area (Å²) in [7, 11) is 0. The minimum Gasteiger partial charge on any atom is -0.462 e. The fourth-order valence-electron chi connectivity index (χ4n) is 11.6. The van der Waals surface area contributed by atoms with Gasteiger partial charge in [0.05, 0.1) is 0 Å². The number of hydrogen-bond donors (Lipinski definition) is 0. The van der Waals surface area contributed by atoms with E-state index in [1.54, 1.807) is 0 Å². The van der Waals surface area contributed by atoms with Crippen LogP contribution >= 0.6 is 0 Å². The number of esters is 3. The first-order valence-corrected chi connectivity index (χ1v) is 37.3. The lowest BCUT2D eigenvalue weighted by molar-refractivity contribution is -0.167. The average molecular weight is 1150 g/mol. The predicted octanol–water partition coefficient (Wildman–Crippen LogP) is 25.7. The molecule has 484 valence electrons. The van der Waals surface area contributed by atoms with Gasteiger partial charge in [-0.15, -0.1) is 0 Å². The molecule has 0 rings (SSSR count). The van der Waals surface area contributed by atoms with Crippen molar-refractivity contribution >= 4 is 17.9 Å². The second-order valence-corrected chi connectivity index (χ2v) is 25.6. The van der Waals surface area contributed by atoms with Crippen molar-refractivity contribution in [1.29, 1.82) is 0 Å². The molecule has 0 amide bonds. The molecule has 0 bridgehead atoms. The van der Waals surface area contributed by atoms with Crippen molar-refractivity contribution < 1.29 is 28.6 Å².